The van der Waals surface area contributed by atoms with Crippen molar-refractivity contribution in [1.29, 1.82) is 0 Å². The number of benzene rings is 1. The molecule has 0 saturated carbocycles. The van der Waals surface area contributed by atoms with Crippen LogP contribution < -0.4 is 5.32 Å². The zero-order chi connectivity index (χ0) is 18.4. The molecule has 0 amide bonds. The number of hydrogen-bond acceptors (Lipinski definition) is 4. The number of para-hydroxylation sites is 1. The predicted molar refractivity (Wildman–Crippen MR) is 112 cm³/mol. The molecule has 4 heteroatoms. The van der Waals surface area contributed by atoms with Crippen LogP contribution in [-0.4, -0.2) is 29.5 Å². The fourth-order valence-corrected chi connectivity index (χ4v) is 4.63. The molecule has 1 N–H and O–H groups in total. The van der Waals surface area contributed by atoms with E-state index in [1.165, 1.54) is 33.4 Å². The minimum atomic E-state index is 0.512. The highest BCUT2D eigenvalue weighted by Gasteiger charge is 2.28. The van der Waals surface area contributed by atoms with E-state index in [9.17, 15) is 0 Å². The fraction of sp³-hybridized carbons (Fsp3) is 0.348. The molecule has 1 aromatic heterocycles. The Labute approximate surface area is 159 Å². The Kier molecular flexibility index (Phi) is 4.01. The monoisotopic (exact) mass is 356 g/mol. The maximum Gasteiger partial charge on any atom is 0.0762 e. The summed E-state index contributed by atoms with van der Waals surface area (Å²) in [7, 11) is 0. The van der Waals surface area contributed by atoms with Gasteiger partial charge in [0.25, 0.3) is 0 Å². The molecule has 1 aromatic carbocycles. The lowest BCUT2D eigenvalue weighted by Crippen LogP contribution is -2.27. The molecule has 0 unspecified atom stereocenters. The average molecular weight is 356 g/mol. The second-order valence-corrected chi connectivity index (χ2v) is 7.69. The summed E-state index contributed by atoms with van der Waals surface area (Å²) in [4.78, 5) is 5.16. The normalized spacial score (nSPS) is 20.4. The highest BCUT2D eigenvalue weighted by Crippen LogP contribution is 2.39. The van der Waals surface area contributed by atoms with Crippen LogP contribution in [0.5, 0.6) is 0 Å². The highest BCUT2D eigenvalue weighted by molar-refractivity contribution is 6.29. The summed E-state index contributed by atoms with van der Waals surface area (Å²) >= 11 is 0. The number of nitrogens with one attached hydrogen (secondary N) is 1. The summed E-state index contributed by atoms with van der Waals surface area (Å²) in [6, 6.07) is 10.8. The van der Waals surface area contributed by atoms with Crippen LogP contribution in [0.25, 0.3) is 16.5 Å². The molecular weight excluding hydrogens is 332 g/mol. The lowest BCUT2D eigenvalue weighted by Gasteiger charge is -2.27. The summed E-state index contributed by atoms with van der Waals surface area (Å²) in [5, 5.41) is 13.4. The molecule has 5 rings (SSSR count). The van der Waals surface area contributed by atoms with E-state index in [0.29, 0.717) is 5.92 Å². The van der Waals surface area contributed by atoms with Crippen LogP contribution >= 0.6 is 0 Å². The van der Waals surface area contributed by atoms with Gasteiger partial charge in [0, 0.05) is 28.9 Å². The third-order valence-corrected chi connectivity index (χ3v) is 6.02. The molecule has 0 atom stereocenters. The van der Waals surface area contributed by atoms with Crippen molar-refractivity contribution in [1.82, 2.24) is 10.3 Å². The van der Waals surface area contributed by atoms with Gasteiger partial charge in [-0.1, -0.05) is 24.3 Å². The van der Waals surface area contributed by atoms with E-state index >= 15 is 0 Å². The smallest absolute Gasteiger partial charge is 0.0762 e. The lowest BCUT2D eigenvalue weighted by molar-refractivity contribution is 0.453. The summed E-state index contributed by atoms with van der Waals surface area (Å²) in [5.74, 6) is 0.512. The van der Waals surface area contributed by atoms with Gasteiger partial charge in [-0.25, -0.2) is 0 Å². The Morgan fingerprint density at radius 1 is 1.04 bits per heavy atom. The second-order valence-electron chi connectivity index (χ2n) is 7.69. The first-order valence-electron chi connectivity index (χ1n) is 9.86. The summed E-state index contributed by atoms with van der Waals surface area (Å²) in [6.07, 6.45) is 5.46. The standard InChI is InChI=1S/C23H24N4/c1-14-18(7-8-21-22(14)15(2)26-27-21)19-13-17-5-3-4-6-20(17)25-23(19)16-9-11-24-12-10-16/h3-7,13,16,24H,8-12H2,1-2H3. The van der Waals surface area contributed by atoms with E-state index in [1.54, 1.807) is 0 Å². The van der Waals surface area contributed by atoms with Crippen LogP contribution in [0.15, 0.2) is 57.8 Å². The molecule has 1 saturated heterocycles. The minimum absolute atomic E-state index is 0.512. The van der Waals surface area contributed by atoms with Crippen LogP contribution in [0.1, 0.15) is 50.3 Å². The molecular formula is C23H24N4. The second kappa shape index (κ2) is 6.54. The summed E-state index contributed by atoms with van der Waals surface area (Å²) in [5.41, 5.74) is 9.61. The molecule has 136 valence electrons. The highest BCUT2D eigenvalue weighted by atomic mass is 15.2. The number of pyridine rings is 1. The molecule has 0 radical (unpaired) electrons. The lowest BCUT2D eigenvalue weighted by atomic mass is 9.81. The molecule has 0 spiro atoms. The van der Waals surface area contributed by atoms with E-state index in [1.807, 2.05) is 0 Å². The zero-order valence-corrected chi connectivity index (χ0v) is 15.9. The van der Waals surface area contributed by atoms with Crippen molar-refractivity contribution in [2.45, 2.75) is 39.0 Å². The Balaban J connectivity index is 1.70. The Morgan fingerprint density at radius 3 is 2.70 bits per heavy atom. The molecule has 2 aromatic rings. The molecule has 3 heterocycles. The summed E-state index contributed by atoms with van der Waals surface area (Å²) < 4.78 is 0. The quantitative estimate of drug-likeness (QED) is 0.852. The van der Waals surface area contributed by atoms with E-state index in [4.69, 9.17) is 4.98 Å². The first-order valence-corrected chi connectivity index (χ1v) is 9.86. The van der Waals surface area contributed by atoms with Crippen LogP contribution in [-0.2, 0) is 0 Å². The van der Waals surface area contributed by atoms with Gasteiger partial charge in [-0.3, -0.25) is 4.98 Å². The van der Waals surface area contributed by atoms with Gasteiger partial charge in [-0.2, -0.15) is 10.2 Å². The maximum atomic E-state index is 5.16. The first kappa shape index (κ1) is 16.6. The number of fused-ring (bicyclic) bond motifs is 2. The zero-order valence-electron chi connectivity index (χ0n) is 15.9. The minimum Gasteiger partial charge on any atom is -0.317 e. The number of nitrogens with zero attached hydrogens (tertiary/aromatic N) is 3. The van der Waals surface area contributed by atoms with Crippen LogP contribution in [0, 0.1) is 0 Å². The SMILES string of the molecule is CC1=NN=C2CC=C(c3cc4ccccc4nc3C3CCNCC3)C(C)=C12. The van der Waals surface area contributed by atoms with Crippen molar-refractivity contribution in [2.75, 3.05) is 13.1 Å². The maximum absolute atomic E-state index is 5.16. The van der Waals surface area contributed by atoms with Gasteiger partial charge < -0.3 is 5.32 Å². The van der Waals surface area contributed by atoms with Crippen molar-refractivity contribution in [3.63, 3.8) is 0 Å². The van der Waals surface area contributed by atoms with E-state index < -0.39 is 0 Å². The number of piperidine rings is 1. The average Bonchev–Trinajstić information content (AvgIpc) is 3.10. The van der Waals surface area contributed by atoms with Crippen molar-refractivity contribution in [3.8, 4) is 0 Å². The number of allylic oxidation sites excluding steroid dienone is 4. The summed E-state index contributed by atoms with van der Waals surface area (Å²) in [6.45, 7) is 6.41. The van der Waals surface area contributed by atoms with E-state index in [2.05, 4.69) is 65.8 Å². The van der Waals surface area contributed by atoms with Crippen LogP contribution in [0.2, 0.25) is 0 Å². The van der Waals surface area contributed by atoms with Gasteiger partial charge >= 0.3 is 0 Å². The van der Waals surface area contributed by atoms with Crippen molar-refractivity contribution >= 4 is 27.9 Å². The van der Waals surface area contributed by atoms with Crippen LogP contribution in [0.3, 0.4) is 0 Å². The number of aromatic nitrogens is 1. The largest absolute Gasteiger partial charge is 0.317 e. The third kappa shape index (κ3) is 2.76. The van der Waals surface area contributed by atoms with E-state index in [-0.39, 0.29) is 0 Å². The molecule has 3 aliphatic rings. The van der Waals surface area contributed by atoms with Gasteiger partial charge in [0.15, 0.2) is 0 Å². The Morgan fingerprint density at radius 2 is 1.85 bits per heavy atom. The Bertz CT molecular complexity index is 1050. The number of rotatable bonds is 2. The molecule has 1 aliphatic carbocycles. The third-order valence-electron chi connectivity index (χ3n) is 6.02. The van der Waals surface area contributed by atoms with Crippen LogP contribution in [0.4, 0.5) is 0 Å². The molecule has 1 fully saturated rings. The van der Waals surface area contributed by atoms with Crippen molar-refractivity contribution in [2.24, 2.45) is 10.2 Å². The van der Waals surface area contributed by atoms with Crippen molar-refractivity contribution < 1.29 is 0 Å². The molecule has 0 bridgehead atoms. The van der Waals surface area contributed by atoms with Gasteiger partial charge in [-0.15, -0.1) is 0 Å². The molecule has 4 nitrogen and oxygen atoms in total. The van der Waals surface area contributed by atoms with Gasteiger partial charge in [-0.05, 0) is 63.1 Å². The molecule has 27 heavy (non-hydrogen) atoms. The predicted octanol–water partition coefficient (Wildman–Crippen LogP) is 4.64. The first-order chi connectivity index (χ1) is 13.2. The van der Waals surface area contributed by atoms with Gasteiger partial charge in [0.05, 0.1) is 22.6 Å². The Hall–Kier alpha value is -2.59. The van der Waals surface area contributed by atoms with Gasteiger partial charge in [0.2, 0.25) is 0 Å². The fourth-order valence-electron chi connectivity index (χ4n) is 4.63. The topological polar surface area (TPSA) is 49.6 Å². The number of hydrogen-bond donors (Lipinski definition) is 1. The van der Waals surface area contributed by atoms with Crippen molar-refractivity contribution in [3.05, 3.63) is 58.8 Å². The van der Waals surface area contributed by atoms with E-state index in [0.717, 1.165) is 49.3 Å². The van der Waals surface area contributed by atoms with Gasteiger partial charge in [0.1, 0.15) is 0 Å². The molecule has 2 aliphatic heterocycles.